The number of thiazole rings is 1. The van der Waals surface area contributed by atoms with E-state index in [1.54, 1.807) is 18.4 Å². The summed E-state index contributed by atoms with van der Waals surface area (Å²) in [6, 6.07) is 11.7. The Morgan fingerprint density at radius 1 is 1.04 bits per heavy atom. The highest BCUT2D eigenvalue weighted by Gasteiger charge is 2.25. The zero-order valence-corrected chi connectivity index (χ0v) is 16.7. The van der Waals surface area contributed by atoms with E-state index in [1.807, 2.05) is 29.2 Å². The average Bonchev–Trinajstić information content (AvgIpc) is 3.17. The maximum atomic E-state index is 12.9. The number of aryl methyl sites for hydroxylation is 2. The summed E-state index contributed by atoms with van der Waals surface area (Å²) in [5, 5.41) is 1.05. The van der Waals surface area contributed by atoms with E-state index in [0.29, 0.717) is 24.4 Å². The van der Waals surface area contributed by atoms with Crippen LogP contribution >= 0.6 is 11.3 Å². The Hall–Kier alpha value is -2.60. The lowest BCUT2D eigenvalue weighted by Crippen LogP contribution is -2.48. The molecule has 0 radical (unpaired) electrons. The van der Waals surface area contributed by atoms with Crippen molar-refractivity contribution in [3.63, 3.8) is 0 Å². The molecule has 0 unspecified atom stereocenters. The van der Waals surface area contributed by atoms with E-state index in [2.05, 4.69) is 30.9 Å². The fraction of sp³-hybridized carbons (Fsp3) is 0.333. The minimum absolute atomic E-state index is 0.0306. The number of hydrogen-bond acceptors (Lipinski definition) is 5. The van der Waals surface area contributed by atoms with Gasteiger partial charge in [0.05, 0.1) is 22.9 Å². The monoisotopic (exact) mass is 381 g/mol. The van der Waals surface area contributed by atoms with Gasteiger partial charge in [-0.05, 0) is 37.1 Å². The lowest BCUT2D eigenvalue weighted by molar-refractivity contribution is 0.0743. The number of amides is 1. The second-order valence-electron chi connectivity index (χ2n) is 6.85. The number of aromatic nitrogens is 1. The van der Waals surface area contributed by atoms with Gasteiger partial charge in [-0.1, -0.05) is 35.6 Å². The van der Waals surface area contributed by atoms with Crippen molar-refractivity contribution in [1.82, 2.24) is 9.88 Å². The van der Waals surface area contributed by atoms with Crippen LogP contribution in [-0.2, 0) is 0 Å². The Balaban J connectivity index is 1.50. The number of fused-ring (bicyclic) bond motifs is 1. The molecule has 2 aromatic carbocycles. The van der Waals surface area contributed by atoms with Crippen LogP contribution in [0, 0.1) is 13.8 Å². The van der Waals surface area contributed by atoms with Crippen LogP contribution in [0.2, 0.25) is 0 Å². The van der Waals surface area contributed by atoms with E-state index in [9.17, 15) is 4.79 Å². The molecule has 27 heavy (non-hydrogen) atoms. The van der Waals surface area contributed by atoms with Crippen molar-refractivity contribution in [3.05, 3.63) is 53.1 Å². The van der Waals surface area contributed by atoms with E-state index < -0.39 is 0 Å². The third-order valence-corrected chi connectivity index (χ3v) is 6.36. The van der Waals surface area contributed by atoms with Crippen LogP contribution in [0.25, 0.3) is 10.2 Å². The fourth-order valence-corrected chi connectivity index (χ4v) is 4.64. The number of hydrogen-bond donors (Lipinski definition) is 0. The predicted molar refractivity (Wildman–Crippen MR) is 110 cm³/mol. The highest BCUT2D eigenvalue weighted by Crippen LogP contribution is 2.33. The molecule has 3 aromatic rings. The van der Waals surface area contributed by atoms with Gasteiger partial charge in [-0.25, -0.2) is 4.98 Å². The van der Waals surface area contributed by atoms with E-state index in [0.717, 1.165) is 23.7 Å². The number of rotatable bonds is 3. The Morgan fingerprint density at radius 2 is 1.74 bits per heavy atom. The van der Waals surface area contributed by atoms with Gasteiger partial charge in [-0.2, -0.15) is 0 Å². The molecule has 1 aliphatic heterocycles. The third-order valence-electron chi connectivity index (χ3n) is 5.11. The summed E-state index contributed by atoms with van der Waals surface area (Å²) in [5.74, 6) is 0.658. The molecule has 1 amide bonds. The Labute approximate surface area is 163 Å². The Bertz CT molecular complexity index is 951. The van der Waals surface area contributed by atoms with Crippen LogP contribution in [0.5, 0.6) is 5.75 Å². The van der Waals surface area contributed by atoms with Gasteiger partial charge in [-0.3, -0.25) is 4.79 Å². The van der Waals surface area contributed by atoms with Gasteiger partial charge in [0.25, 0.3) is 5.91 Å². The number of nitrogens with zero attached hydrogens (tertiary/aromatic N) is 3. The van der Waals surface area contributed by atoms with Gasteiger partial charge in [-0.15, -0.1) is 0 Å². The molecule has 1 aromatic heterocycles. The van der Waals surface area contributed by atoms with Crippen LogP contribution in [0.3, 0.4) is 0 Å². The number of carbonyl (C=O) groups excluding carboxylic acids is 1. The van der Waals surface area contributed by atoms with Crippen LogP contribution in [0.1, 0.15) is 21.5 Å². The molecule has 6 heteroatoms. The summed E-state index contributed by atoms with van der Waals surface area (Å²) < 4.78 is 6.60. The lowest BCUT2D eigenvalue weighted by atomic mass is 10.1. The molecule has 140 valence electrons. The van der Waals surface area contributed by atoms with Gasteiger partial charge >= 0.3 is 0 Å². The molecule has 1 aliphatic rings. The molecular formula is C21H23N3O2S. The standard InChI is InChI=1S/C21H23N3O2S/c1-14-8-9-15(2)19-18(14)22-21(27-19)24-12-10-23(11-13-24)20(25)16-6-4-5-7-17(16)26-3/h4-9H,10-13H2,1-3H3. The number of benzene rings is 2. The van der Waals surface area contributed by atoms with Gasteiger partial charge in [0.2, 0.25) is 0 Å². The van der Waals surface area contributed by atoms with E-state index >= 15 is 0 Å². The Kier molecular flexibility index (Phi) is 4.74. The zero-order chi connectivity index (χ0) is 19.0. The van der Waals surface area contributed by atoms with Gasteiger partial charge in [0.1, 0.15) is 5.75 Å². The van der Waals surface area contributed by atoms with Gasteiger partial charge < -0.3 is 14.5 Å². The van der Waals surface area contributed by atoms with Crippen molar-refractivity contribution in [1.29, 1.82) is 0 Å². The second-order valence-corrected chi connectivity index (χ2v) is 7.83. The summed E-state index contributed by atoms with van der Waals surface area (Å²) >= 11 is 1.75. The SMILES string of the molecule is COc1ccccc1C(=O)N1CCN(c2nc3c(C)ccc(C)c3s2)CC1. The van der Waals surface area contributed by atoms with E-state index in [-0.39, 0.29) is 5.91 Å². The normalized spacial score (nSPS) is 14.6. The van der Waals surface area contributed by atoms with Crippen molar-refractivity contribution < 1.29 is 9.53 Å². The quantitative estimate of drug-likeness (QED) is 0.691. The lowest BCUT2D eigenvalue weighted by Gasteiger charge is -2.34. The molecule has 0 spiro atoms. The highest BCUT2D eigenvalue weighted by molar-refractivity contribution is 7.22. The van der Waals surface area contributed by atoms with Crippen molar-refractivity contribution >= 4 is 32.6 Å². The summed E-state index contributed by atoms with van der Waals surface area (Å²) in [4.78, 5) is 21.9. The van der Waals surface area contributed by atoms with Crippen molar-refractivity contribution in [2.45, 2.75) is 13.8 Å². The number of para-hydroxylation sites is 1. The second kappa shape index (κ2) is 7.19. The number of piperazine rings is 1. The molecule has 0 N–H and O–H groups in total. The smallest absolute Gasteiger partial charge is 0.257 e. The molecule has 5 nitrogen and oxygen atoms in total. The summed E-state index contributed by atoms with van der Waals surface area (Å²) in [6.07, 6.45) is 0. The van der Waals surface area contributed by atoms with Crippen molar-refractivity contribution in [2.24, 2.45) is 0 Å². The maximum absolute atomic E-state index is 12.9. The van der Waals surface area contributed by atoms with Crippen LogP contribution in [-0.4, -0.2) is 49.1 Å². The molecule has 4 rings (SSSR count). The van der Waals surface area contributed by atoms with Crippen LogP contribution < -0.4 is 9.64 Å². The van der Waals surface area contributed by atoms with E-state index in [1.165, 1.54) is 15.8 Å². The topological polar surface area (TPSA) is 45.7 Å². The maximum Gasteiger partial charge on any atom is 0.257 e. The first-order chi connectivity index (χ1) is 13.1. The number of carbonyl (C=O) groups is 1. The molecular weight excluding hydrogens is 358 g/mol. The number of ether oxygens (including phenoxy) is 1. The minimum Gasteiger partial charge on any atom is -0.496 e. The first-order valence-electron chi connectivity index (χ1n) is 9.12. The molecule has 0 saturated carbocycles. The summed E-state index contributed by atoms with van der Waals surface area (Å²) in [6.45, 7) is 7.19. The minimum atomic E-state index is 0.0306. The van der Waals surface area contributed by atoms with Crippen molar-refractivity contribution in [3.8, 4) is 5.75 Å². The number of anilines is 1. The summed E-state index contributed by atoms with van der Waals surface area (Å²) in [5.41, 5.74) is 4.20. The highest BCUT2D eigenvalue weighted by atomic mass is 32.1. The van der Waals surface area contributed by atoms with Gasteiger partial charge in [0.15, 0.2) is 5.13 Å². The molecule has 0 atom stereocenters. The molecule has 0 bridgehead atoms. The Morgan fingerprint density at radius 3 is 2.44 bits per heavy atom. The van der Waals surface area contributed by atoms with Gasteiger partial charge in [0, 0.05) is 26.2 Å². The van der Waals surface area contributed by atoms with Crippen molar-refractivity contribution in [2.75, 3.05) is 38.2 Å². The first kappa shape index (κ1) is 17.8. The molecule has 1 saturated heterocycles. The number of methoxy groups -OCH3 is 1. The van der Waals surface area contributed by atoms with E-state index in [4.69, 9.17) is 9.72 Å². The van der Waals surface area contributed by atoms with Crippen LogP contribution in [0.4, 0.5) is 5.13 Å². The summed E-state index contributed by atoms with van der Waals surface area (Å²) in [7, 11) is 1.60. The fourth-order valence-electron chi connectivity index (χ4n) is 3.48. The third kappa shape index (κ3) is 3.25. The van der Waals surface area contributed by atoms with Crippen LogP contribution in [0.15, 0.2) is 36.4 Å². The largest absolute Gasteiger partial charge is 0.496 e. The zero-order valence-electron chi connectivity index (χ0n) is 15.9. The first-order valence-corrected chi connectivity index (χ1v) is 9.94. The molecule has 0 aliphatic carbocycles. The predicted octanol–water partition coefficient (Wildman–Crippen LogP) is 3.88. The molecule has 2 heterocycles. The molecule has 1 fully saturated rings. The average molecular weight is 382 g/mol.